The number of rotatable bonds is 14. The first-order valence-corrected chi connectivity index (χ1v) is 12.2. The number of ether oxygens (including phenoxy) is 1. The molecule has 0 atom stereocenters. The van der Waals surface area contributed by atoms with Gasteiger partial charge >= 0.3 is 0 Å². The highest BCUT2D eigenvalue weighted by atomic mass is 19.1. The number of aryl methyl sites for hydroxylation is 1. The molecule has 10 heteroatoms. The molecule has 0 aromatic heterocycles. The van der Waals surface area contributed by atoms with E-state index in [0.29, 0.717) is 25.4 Å². The molecule has 0 saturated heterocycles. The number of nitrogens with two attached hydrogens (primary N) is 2. The quantitative estimate of drug-likeness (QED) is 0.143. The van der Waals surface area contributed by atoms with Crippen LogP contribution in [0.3, 0.4) is 0 Å². The Hall–Kier alpha value is -3.89. The number of hydrogen-bond donors (Lipinski definition) is 5. The summed E-state index contributed by atoms with van der Waals surface area (Å²) in [7, 11) is 1.00. The maximum absolute atomic E-state index is 13.0. The van der Waals surface area contributed by atoms with E-state index in [4.69, 9.17) is 21.3 Å². The molecule has 0 aliphatic rings. The van der Waals surface area contributed by atoms with E-state index in [9.17, 15) is 14.0 Å². The number of halogens is 1. The van der Waals surface area contributed by atoms with Crippen LogP contribution in [0.4, 0.5) is 4.39 Å². The van der Waals surface area contributed by atoms with Gasteiger partial charge in [0.1, 0.15) is 18.2 Å². The monoisotopic (exact) mass is 531 g/mol. The number of carbonyl (C=O) groups excluding carboxylic acids is 2. The van der Waals surface area contributed by atoms with E-state index in [1.54, 1.807) is 24.0 Å². The highest BCUT2D eigenvalue weighted by molar-refractivity contribution is 5.72. The van der Waals surface area contributed by atoms with Crippen molar-refractivity contribution < 1.29 is 23.8 Å². The highest BCUT2D eigenvalue weighted by Gasteiger charge is 2.02. The van der Waals surface area contributed by atoms with Crippen molar-refractivity contribution in [1.29, 1.82) is 0 Å². The molecular weight excluding hydrogens is 489 g/mol. The molecule has 2 aromatic carbocycles. The number of amides is 2. The molecule has 9 nitrogen and oxygen atoms in total. The van der Waals surface area contributed by atoms with Crippen molar-refractivity contribution in [2.24, 2.45) is 11.5 Å². The Balaban J connectivity index is 0.000000690. The highest BCUT2D eigenvalue weighted by Crippen LogP contribution is 2.16. The van der Waals surface area contributed by atoms with Gasteiger partial charge in [0.15, 0.2) is 0 Å². The minimum Gasteiger partial charge on any atom is -0.489 e. The first-order valence-electron chi connectivity index (χ1n) is 12.2. The zero-order valence-electron chi connectivity index (χ0n) is 22.5. The predicted molar refractivity (Wildman–Crippen MR) is 149 cm³/mol. The molecule has 0 radical (unpaired) electrons. The van der Waals surface area contributed by atoms with E-state index in [2.05, 4.69) is 10.6 Å². The van der Waals surface area contributed by atoms with Crippen LogP contribution >= 0.6 is 0 Å². The van der Waals surface area contributed by atoms with Gasteiger partial charge in [0.2, 0.25) is 12.3 Å². The van der Waals surface area contributed by atoms with Crippen LogP contribution in [0.25, 0.3) is 0 Å². The second-order valence-electron chi connectivity index (χ2n) is 8.00. The summed E-state index contributed by atoms with van der Waals surface area (Å²) in [5.74, 6) is 0.157. The molecule has 0 unspecified atom stereocenters. The topological polar surface area (TPSA) is 143 Å². The molecule has 7 N–H and O–H groups in total. The van der Waals surface area contributed by atoms with Gasteiger partial charge in [-0.1, -0.05) is 30.3 Å². The smallest absolute Gasteiger partial charge is 0.216 e. The summed E-state index contributed by atoms with van der Waals surface area (Å²) in [5.41, 5.74) is 13.3. The van der Waals surface area contributed by atoms with Crippen molar-refractivity contribution in [1.82, 2.24) is 15.5 Å². The molecule has 2 aromatic rings. The molecule has 0 aliphatic carbocycles. The first-order chi connectivity index (χ1) is 18.4. The van der Waals surface area contributed by atoms with Crippen LogP contribution < -0.4 is 26.8 Å². The lowest BCUT2D eigenvalue weighted by atomic mass is 10.2. The molecule has 210 valence electrons. The summed E-state index contributed by atoms with van der Waals surface area (Å²) in [6.45, 7) is 7.16. The summed E-state index contributed by atoms with van der Waals surface area (Å²) in [4.78, 5) is 23.4. The number of aliphatic hydroxyl groups excluding tert-OH is 1. The molecule has 0 saturated carbocycles. The fourth-order valence-electron chi connectivity index (χ4n) is 3.04. The van der Waals surface area contributed by atoms with Crippen molar-refractivity contribution >= 4 is 12.3 Å². The van der Waals surface area contributed by atoms with E-state index in [1.165, 1.54) is 31.5 Å². The fourth-order valence-corrected chi connectivity index (χ4v) is 3.04. The van der Waals surface area contributed by atoms with Gasteiger partial charge in [-0.2, -0.15) is 0 Å². The van der Waals surface area contributed by atoms with Crippen LogP contribution in [0.2, 0.25) is 0 Å². The third kappa shape index (κ3) is 17.5. The van der Waals surface area contributed by atoms with Gasteiger partial charge in [-0.15, -0.1) is 0 Å². The summed E-state index contributed by atoms with van der Waals surface area (Å²) in [6, 6.07) is 14.4. The SMILES string of the molecule is CC(=O)NCCCNCCN(C=O)Cc1ccccc1.CO.Cc1cc(F)cc(OCC(/C=C\N)=C/N)c1. The normalized spacial score (nSPS) is 10.5. The lowest BCUT2D eigenvalue weighted by Gasteiger charge is -2.17. The summed E-state index contributed by atoms with van der Waals surface area (Å²) in [6.07, 6.45) is 6.17. The number of nitrogens with zero attached hydrogens (tertiary/aromatic N) is 1. The largest absolute Gasteiger partial charge is 0.489 e. The minimum absolute atomic E-state index is 0.00000821. The number of nitrogens with one attached hydrogen (secondary N) is 2. The van der Waals surface area contributed by atoms with Crippen molar-refractivity contribution in [3.63, 3.8) is 0 Å². The second kappa shape index (κ2) is 22.3. The molecule has 0 fully saturated rings. The molecule has 0 spiro atoms. The lowest BCUT2D eigenvalue weighted by molar-refractivity contribution is -0.119. The van der Waals surface area contributed by atoms with Crippen molar-refractivity contribution in [3.8, 4) is 5.75 Å². The van der Waals surface area contributed by atoms with Crippen molar-refractivity contribution in [3.05, 3.63) is 89.5 Å². The number of carbonyl (C=O) groups is 2. The van der Waals surface area contributed by atoms with Crippen LogP contribution in [0, 0.1) is 12.7 Å². The van der Waals surface area contributed by atoms with Gasteiger partial charge < -0.3 is 36.8 Å². The van der Waals surface area contributed by atoms with Gasteiger partial charge in [0, 0.05) is 58.1 Å². The van der Waals surface area contributed by atoms with E-state index >= 15 is 0 Å². The van der Waals surface area contributed by atoms with E-state index in [-0.39, 0.29) is 18.3 Å². The van der Waals surface area contributed by atoms with E-state index < -0.39 is 0 Å². The Kier molecular flexibility index (Phi) is 20.0. The maximum atomic E-state index is 13.0. The molecule has 0 bridgehead atoms. The Morgan fingerprint density at radius 3 is 2.39 bits per heavy atom. The molecule has 2 rings (SSSR count). The van der Waals surface area contributed by atoms with Gasteiger partial charge in [0.25, 0.3) is 0 Å². The average molecular weight is 532 g/mol. The summed E-state index contributed by atoms with van der Waals surface area (Å²) < 4.78 is 18.4. The van der Waals surface area contributed by atoms with E-state index in [0.717, 1.165) is 49.7 Å². The van der Waals surface area contributed by atoms with Crippen LogP contribution in [-0.2, 0) is 16.1 Å². The minimum atomic E-state index is -0.317. The first kappa shape index (κ1) is 34.1. The van der Waals surface area contributed by atoms with Gasteiger partial charge in [0.05, 0.1) is 0 Å². The third-order valence-electron chi connectivity index (χ3n) is 4.80. The van der Waals surface area contributed by atoms with Crippen molar-refractivity contribution in [2.75, 3.05) is 39.9 Å². The number of hydrogen-bond acceptors (Lipinski definition) is 7. The molecule has 38 heavy (non-hydrogen) atoms. The Morgan fingerprint density at radius 1 is 1.11 bits per heavy atom. The Morgan fingerprint density at radius 2 is 1.82 bits per heavy atom. The van der Waals surface area contributed by atoms with Crippen molar-refractivity contribution in [2.45, 2.75) is 26.8 Å². The van der Waals surface area contributed by atoms with Crippen LogP contribution in [-0.4, -0.2) is 62.2 Å². The Bertz CT molecular complexity index is 951. The van der Waals surface area contributed by atoms with Crippen LogP contribution in [0.5, 0.6) is 5.75 Å². The van der Waals surface area contributed by atoms with Gasteiger partial charge in [-0.3, -0.25) is 9.59 Å². The van der Waals surface area contributed by atoms with Crippen LogP contribution in [0.1, 0.15) is 24.5 Å². The second-order valence-corrected chi connectivity index (χ2v) is 8.00. The lowest BCUT2D eigenvalue weighted by Crippen LogP contribution is -2.32. The fraction of sp³-hybridized carbons (Fsp3) is 0.357. The third-order valence-corrected chi connectivity index (χ3v) is 4.80. The molecule has 2 amide bonds. The zero-order chi connectivity index (χ0) is 28.6. The standard InChI is InChI=1S/C15H23N3O2.C12H15FN2O.CH4O/c1-14(20)17-9-5-8-16-10-11-18(13-19)12-15-6-3-2-4-7-15;1-9-4-11(13)6-12(5-9)16-8-10(7-15)2-3-14;1-2/h2-4,6-7,13,16H,5,8-12H2,1H3,(H,17,20);2-7H,8,14-15H2,1H3;2H,1H3/b;3-2-,10-7+;. The van der Waals surface area contributed by atoms with Crippen LogP contribution in [0.15, 0.2) is 72.6 Å². The predicted octanol–water partition coefficient (Wildman–Crippen LogP) is 2.20. The summed E-state index contributed by atoms with van der Waals surface area (Å²) in [5, 5.41) is 13.0. The zero-order valence-corrected chi connectivity index (χ0v) is 22.5. The Labute approximate surface area is 225 Å². The van der Waals surface area contributed by atoms with Gasteiger partial charge in [-0.25, -0.2) is 4.39 Å². The molecule has 0 aliphatic heterocycles. The number of aliphatic hydroxyl groups is 1. The average Bonchev–Trinajstić information content (AvgIpc) is 2.91. The molecule has 0 heterocycles. The number of benzene rings is 2. The summed E-state index contributed by atoms with van der Waals surface area (Å²) >= 11 is 0. The molecular formula is C28H42FN5O4. The van der Waals surface area contributed by atoms with Gasteiger partial charge in [-0.05, 0) is 55.4 Å². The van der Waals surface area contributed by atoms with E-state index in [1.807, 2.05) is 30.3 Å². The maximum Gasteiger partial charge on any atom is 0.216 e.